The van der Waals surface area contributed by atoms with Crippen LogP contribution in [0.15, 0.2) is 18.5 Å². The lowest BCUT2D eigenvalue weighted by Crippen LogP contribution is -1.79. The summed E-state index contributed by atoms with van der Waals surface area (Å²) in [6.07, 6.45) is 1.64. The Hall–Kier alpha value is -0.840. The fraction of sp³-hybridized carbons (Fsp3) is 0. The minimum absolute atomic E-state index is 0.549. The largest absolute Gasteiger partial charge is 0.270 e. The average molecular weight is 244 g/mol. The van der Waals surface area contributed by atoms with Gasteiger partial charge in [0.05, 0.1) is 20.3 Å². The maximum Gasteiger partial charge on any atom is 0.217 e. The predicted octanol–water partition coefficient (Wildman–Crippen LogP) is 3.25. The molecule has 14 heavy (non-hydrogen) atoms. The molecule has 0 spiro atoms. The van der Waals surface area contributed by atoms with E-state index in [0.29, 0.717) is 10.0 Å². The zero-order valence-electron chi connectivity index (χ0n) is 6.74. The molecule has 0 aliphatic heterocycles. The second-order valence-electron chi connectivity index (χ2n) is 2.79. The molecule has 0 radical (unpaired) electrons. The Morgan fingerprint density at radius 2 is 2.14 bits per heavy atom. The van der Waals surface area contributed by atoms with Crippen molar-refractivity contribution in [1.82, 2.24) is 14.6 Å². The normalized spacial score (nSPS) is 11.6. The van der Waals surface area contributed by atoms with Crippen LogP contribution in [0.5, 0.6) is 0 Å². The van der Waals surface area contributed by atoms with Crippen LogP contribution >= 0.6 is 34.5 Å². The molecular weight excluding hydrogens is 241 g/mol. The van der Waals surface area contributed by atoms with E-state index in [0.717, 1.165) is 15.2 Å². The molecule has 0 fully saturated rings. The van der Waals surface area contributed by atoms with Crippen LogP contribution in [0.2, 0.25) is 10.0 Å². The van der Waals surface area contributed by atoms with Crippen molar-refractivity contribution in [1.29, 1.82) is 0 Å². The highest BCUT2D eigenvalue weighted by Gasteiger charge is 2.11. The van der Waals surface area contributed by atoms with Crippen LogP contribution < -0.4 is 0 Å². The van der Waals surface area contributed by atoms with Crippen LogP contribution in [-0.4, -0.2) is 14.6 Å². The van der Waals surface area contributed by atoms with E-state index in [2.05, 4.69) is 10.2 Å². The maximum atomic E-state index is 6.10. The van der Waals surface area contributed by atoms with Crippen molar-refractivity contribution < 1.29 is 0 Å². The van der Waals surface area contributed by atoms with Gasteiger partial charge < -0.3 is 0 Å². The van der Waals surface area contributed by atoms with Crippen LogP contribution in [0.1, 0.15) is 0 Å². The third kappa shape index (κ3) is 0.987. The van der Waals surface area contributed by atoms with Crippen molar-refractivity contribution in [3.63, 3.8) is 0 Å². The van der Waals surface area contributed by atoms with Gasteiger partial charge in [-0.05, 0) is 12.1 Å². The average Bonchev–Trinajstić information content (AvgIpc) is 2.70. The van der Waals surface area contributed by atoms with Crippen molar-refractivity contribution in [3.8, 4) is 0 Å². The number of thiazole rings is 1. The van der Waals surface area contributed by atoms with E-state index >= 15 is 0 Å². The zero-order chi connectivity index (χ0) is 9.71. The van der Waals surface area contributed by atoms with Gasteiger partial charge in [-0.3, -0.25) is 4.40 Å². The number of rotatable bonds is 0. The minimum atomic E-state index is 0.549. The number of fused-ring (bicyclic) bond motifs is 3. The van der Waals surface area contributed by atoms with Gasteiger partial charge in [-0.2, -0.15) is 0 Å². The molecule has 3 nitrogen and oxygen atoms in total. The van der Waals surface area contributed by atoms with Gasteiger partial charge in [0.15, 0.2) is 0 Å². The Labute approximate surface area is 92.9 Å². The Morgan fingerprint density at radius 3 is 3.00 bits per heavy atom. The van der Waals surface area contributed by atoms with E-state index in [4.69, 9.17) is 23.2 Å². The van der Waals surface area contributed by atoms with Crippen LogP contribution in [0.3, 0.4) is 0 Å². The second kappa shape index (κ2) is 2.82. The lowest BCUT2D eigenvalue weighted by molar-refractivity contribution is 1.11. The molecule has 2 heterocycles. The number of benzene rings is 1. The van der Waals surface area contributed by atoms with Gasteiger partial charge in [0.25, 0.3) is 0 Å². The van der Waals surface area contributed by atoms with Gasteiger partial charge in [-0.1, -0.05) is 34.5 Å². The molecule has 0 saturated carbocycles. The second-order valence-corrected chi connectivity index (χ2v) is 4.59. The fourth-order valence-electron chi connectivity index (χ4n) is 1.37. The first kappa shape index (κ1) is 8.47. The molecule has 0 atom stereocenters. The SMILES string of the molecule is Clc1ccc2sc3nncn3c2c1Cl. The van der Waals surface area contributed by atoms with Crippen LogP contribution in [0.4, 0.5) is 0 Å². The molecule has 0 amide bonds. The molecule has 2 aromatic heterocycles. The van der Waals surface area contributed by atoms with Gasteiger partial charge in [-0.25, -0.2) is 0 Å². The van der Waals surface area contributed by atoms with E-state index in [-0.39, 0.29) is 0 Å². The molecule has 1 aromatic carbocycles. The van der Waals surface area contributed by atoms with Crippen molar-refractivity contribution >= 4 is 49.7 Å². The molecule has 3 rings (SSSR count). The Morgan fingerprint density at radius 1 is 1.29 bits per heavy atom. The molecular formula is C8H3Cl2N3S. The predicted molar refractivity (Wildman–Crippen MR) is 58.4 cm³/mol. The summed E-state index contributed by atoms with van der Waals surface area (Å²) < 4.78 is 2.90. The summed E-state index contributed by atoms with van der Waals surface area (Å²) >= 11 is 13.6. The Kier molecular flexibility index (Phi) is 1.71. The Bertz CT molecular complexity index is 628. The highest BCUT2D eigenvalue weighted by Crippen LogP contribution is 2.34. The molecule has 0 saturated heterocycles. The van der Waals surface area contributed by atoms with E-state index in [9.17, 15) is 0 Å². The first-order valence-corrected chi connectivity index (χ1v) is 5.41. The van der Waals surface area contributed by atoms with Gasteiger partial charge in [0.2, 0.25) is 4.96 Å². The summed E-state index contributed by atoms with van der Waals surface area (Å²) in [4.78, 5) is 0.823. The summed E-state index contributed by atoms with van der Waals surface area (Å²) in [6.45, 7) is 0. The van der Waals surface area contributed by atoms with E-state index in [1.807, 2.05) is 10.5 Å². The molecule has 0 unspecified atom stereocenters. The van der Waals surface area contributed by atoms with E-state index < -0.39 is 0 Å². The van der Waals surface area contributed by atoms with Crippen LogP contribution in [-0.2, 0) is 0 Å². The summed E-state index contributed by atoms with van der Waals surface area (Å²) in [5, 5.41) is 8.86. The number of nitrogens with zero attached hydrogens (tertiary/aromatic N) is 3. The first-order valence-electron chi connectivity index (χ1n) is 3.83. The van der Waals surface area contributed by atoms with Crippen molar-refractivity contribution in [3.05, 3.63) is 28.5 Å². The van der Waals surface area contributed by atoms with Crippen molar-refractivity contribution in [2.24, 2.45) is 0 Å². The van der Waals surface area contributed by atoms with E-state index in [1.165, 1.54) is 11.3 Å². The molecule has 0 aliphatic carbocycles. The summed E-state index contributed by atoms with van der Waals surface area (Å²) in [6, 6.07) is 3.72. The van der Waals surface area contributed by atoms with Gasteiger partial charge in [-0.15, -0.1) is 10.2 Å². The van der Waals surface area contributed by atoms with Crippen LogP contribution in [0, 0.1) is 0 Å². The fourth-order valence-corrected chi connectivity index (χ4v) is 2.79. The summed E-state index contributed by atoms with van der Waals surface area (Å²) in [7, 11) is 0. The lowest BCUT2D eigenvalue weighted by atomic mass is 10.3. The van der Waals surface area contributed by atoms with Gasteiger partial charge >= 0.3 is 0 Å². The molecule has 70 valence electrons. The topological polar surface area (TPSA) is 30.2 Å². The first-order chi connectivity index (χ1) is 6.77. The van der Waals surface area contributed by atoms with Crippen molar-refractivity contribution in [2.75, 3.05) is 0 Å². The molecule has 0 bridgehead atoms. The van der Waals surface area contributed by atoms with Gasteiger partial charge in [0, 0.05) is 0 Å². The third-order valence-electron chi connectivity index (χ3n) is 1.99. The molecule has 0 aliphatic rings. The molecule has 0 N–H and O–H groups in total. The lowest BCUT2D eigenvalue weighted by Gasteiger charge is -1.96. The van der Waals surface area contributed by atoms with Crippen LogP contribution in [0.25, 0.3) is 15.2 Å². The monoisotopic (exact) mass is 243 g/mol. The zero-order valence-corrected chi connectivity index (χ0v) is 9.07. The minimum Gasteiger partial charge on any atom is -0.270 e. The smallest absolute Gasteiger partial charge is 0.217 e. The van der Waals surface area contributed by atoms with E-state index in [1.54, 1.807) is 12.4 Å². The summed E-state index contributed by atoms with van der Waals surface area (Å²) in [5.74, 6) is 0. The highest BCUT2D eigenvalue weighted by atomic mass is 35.5. The maximum absolute atomic E-state index is 6.10. The standard InChI is InChI=1S/C8H3Cl2N3S/c9-4-1-2-5-7(6(4)10)13-3-11-12-8(13)14-5/h1-3H. The Balaban J connectivity index is 2.65. The van der Waals surface area contributed by atoms with Crippen molar-refractivity contribution in [2.45, 2.75) is 0 Å². The number of aromatic nitrogens is 3. The molecule has 3 aromatic rings. The number of hydrogen-bond donors (Lipinski definition) is 0. The highest BCUT2D eigenvalue weighted by molar-refractivity contribution is 7.23. The number of halogens is 2. The summed E-state index contributed by atoms with van der Waals surface area (Å²) in [5.41, 5.74) is 0.879. The number of hydrogen-bond acceptors (Lipinski definition) is 3. The third-order valence-corrected chi connectivity index (χ3v) is 3.80. The molecule has 6 heteroatoms. The van der Waals surface area contributed by atoms with Gasteiger partial charge in [0.1, 0.15) is 6.33 Å². The quantitative estimate of drug-likeness (QED) is 0.607.